The van der Waals surface area contributed by atoms with Crippen LogP contribution in [0.3, 0.4) is 0 Å². The first-order chi connectivity index (χ1) is 17.5. The Hall–Kier alpha value is -3.57. The van der Waals surface area contributed by atoms with Gasteiger partial charge in [0.2, 0.25) is 0 Å². The van der Waals surface area contributed by atoms with Gasteiger partial charge in [-0.25, -0.2) is 0 Å². The molecule has 0 unspecified atom stereocenters. The highest BCUT2D eigenvalue weighted by Crippen LogP contribution is 2.36. The van der Waals surface area contributed by atoms with Crippen LogP contribution in [0.15, 0.2) is 108 Å². The molecule has 4 aromatic rings. The molecule has 0 radical (unpaired) electrons. The normalized spacial score (nSPS) is 14.3. The molecular weight excluding hydrogens is 515 g/mol. The molecular formula is C29H19Cl3N2O2. The van der Waals surface area contributed by atoms with Crippen molar-refractivity contribution in [1.82, 2.24) is 0 Å². The molecule has 0 saturated heterocycles. The number of para-hydroxylation sites is 1. The molecule has 5 rings (SSSR count). The Morgan fingerprint density at radius 2 is 1.47 bits per heavy atom. The molecule has 0 spiro atoms. The lowest BCUT2D eigenvalue weighted by atomic mass is 10.00. The Kier molecular flexibility index (Phi) is 7.10. The van der Waals surface area contributed by atoms with Crippen molar-refractivity contribution in [1.29, 1.82) is 0 Å². The maximum absolute atomic E-state index is 13.6. The van der Waals surface area contributed by atoms with Gasteiger partial charge in [0.1, 0.15) is 18.1 Å². The smallest absolute Gasteiger partial charge is 0.281 e. The van der Waals surface area contributed by atoms with Crippen LogP contribution in [-0.4, -0.2) is 11.6 Å². The molecule has 1 heterocycles. The Labute approximate surface area is 224 Å². The lowest BCUT2D eigenvalue weighted by molar-refractivity contribution is -0.114. The molecule has 1 aliphatic rings. The van der Waals surface area contributed by atoms with Crippen molar-refractivity contribution in [3.8, 4) is 5.75 Å². The predicted octanol–water partition coefficient (Wildman–Crippen LogP) is 8.06. The number of carbonyl (C=O) groups excluding carboxylic acids is 1. The van der Waals surface area contributed by atoms with Crippen LogP contribution in [-0.2, 0) is 11.4 Å². The van der Waals surface area contributed by atoms with Crippen LogP contribution in [0.4, 0.5) is 5.69 Å². The fraction of sp³-hybridized carbons (Fsp3) is 0.0345. The summed E-state index contributed by atoms with van der Waals surface area (Å²) in [4.78, 5) is 13.6. The van der Waals surface area contributed by atoms with E-state index in [4.69, 9.17) is 39.5 Å². The fourth-order valence-corrected chi connectivity index (χ4v) is 4.61. The number of hydrogen-bond acceptors (Lipinski definition) is 3. The highest BCUT2D eigenvalue weighted by Gasteiger charge is 2.32. The first-order valence-corrected chi connectivity index (χ1v) is 12.3. The van der Waals surface area contributed by atoms with E-state index >= 15 is 0 Å². The summed E-state index contributed by atoms with van der Waals surface area (Å²) in [6.07, 6.45) is 1.72. The highest BCUT2D eigenvalue weighted by atomic mass is 35.5. The number of halogens is 3. The van der Waals surface area contributed by atoms with E-state index < -0.39 is 0 Å². The quantitative estimate of drug-likeness (QED) is 0.235. The van der Waals surface area contributed by atoms with E-state index in [0.717, 1.165) is 11.1 Å². The average Bonchev–Trinajstić information content (AvgIpc) is 3.21. The topological polar surface area (TPSA) is 41.9 Å². The molecule has 36 heavy (non-hydrogen) atoms. The van der Waals surface area contributed by atoms with Gasteiger partial charge in [-0.2, -0.15) is 10.1 Å². The maximum atomic E-state index is 13.6. The second kappa shape index (κ2) is 10.6. The van der Waals surface area contributed by atoms with Crippen molar-refractivity contribution in [3.63, 3.8) is 0 Å². The Balaban J connectivity index is 1.59. The van der Waals surface area contributed by atoms with Gasteiger partial charge in [0, 0.05) is 26.7 Å². The van der Waals surface area contributed by atoms with Gasteiger partial charge in [0.05, 0.1) is 16.3 Å². The van der Waals surface area contributed by atoms with Gasteiger partial charge in [0.15, 0.2) is 0 Å². The molecule has 0 aromatic heterocycles. The Morgan fingerprint density at radius 1 is 0.806 bits per heavy atom. The summed E-state index contributed by atoms with van der Waals surface area (Å²) in [5.41, 5.74) is 3.77. The summed E-state index contributed by atoms with van der Waals surface area (Å²) in [5.74, 6) is 0.125. The summed E-state index contributed by atoms with van der Waals surface area (Å²) >= 11 is 19.2. The summed E-state index contributed by atoms with van der Waals surface area (Å²) in [7, 11) is 0. The van der Waals surface area contributed by atoms with Crippen LogP contribution < -0.4 is 9.75 Å². The minimum Gasteiger partial charge on any atom is -0.487 e. The van der Waals surface area contributed by atoms with E-state index in [9.17, 15) is 4.79 Å². The van der Waals surface area contributed by atoms with E-state index in [1.165, 1.54) is 5.01 Å². The molecule has 1 amide bonds. The number of benzene rings is 4. The number of nitrogens with zero attached hydrogens (tertiary/aromatic N) is 2. The van der Waals surface area contributed by atoms with Gasteiger partial charge in [-0.15, -0.1) is 0 Å². The molecule has 4 aromatic carbocycles. The molecule has 0 saturated carbocycles. The summed E-state index contributed by atoms with van der Waals surface area (Å²) in [6.45, 7) is 0.195. The Morgan fingerprint density at radius 3 is 2.19 bits per heavy atom. The van der Waals surface area contributed by atoms with Crippen LogP contribution in [0, 0.1) is 0 Å². The van der Waals surface area contributed by atoms with Gasteiger partial charge >= 0.3 is 0 Å². The second-order valence-electron chi connectivity index (χ2n) is 8.01. The van der Waals surface area contributed by atoms with Crippen molar-refractivity contribution in [3.05, 3.63) is 134 Å². The van der Waals surface area contributed by atoms with Crippen molar-refractivity contribution in [2.45, 2.75) is 6.61 Å². The minimum atomic E-state index is -0.270. The molecule has 0 N–H and O–H groups in total. The van der Waals surface area contributed by atoms with E-state index in [1.54, 1.807) is 24.3 Å². The molecule has 4 nitrogen and oxygen atoms in total. The standard InChI is InChI=1S/C29H19Cl3N2O2/c30-22-15-21(28(26(32)17-22)36-18-20-11-7-8-14-25(20)31)16-24-27(19-9-3-1-4-10-19)33-34(29(24)35)23-12-5-2-6-13-23/h1-17H,18H2/b24-16-. The number of hydrazone groups is 1. The fourth-order valence-electron chi connectivity index (χ4n) is 3.86. The Bertz CT molecular complexity index is 1490. The van der Waals surface area contributed by atoms with E-state index in [1.807, 2.05) is 78.9 Å². The molecule has 0 bridgehead atoms. The number of amides is 1. The van der Waals surface area contributed by atoms with Gasteiger partial charge in [-0.05, 0) is 36.4 Å². The van der Waals surface area contributed by atoms with E-state index in [-0.39, 0.29) is 12.5 Å². The third-order valence-corrected chi connectivity index (χ3v) is 6.46. The molecule has 0 atom stereocenters. The summed E-state index contributed by atoms with van der Waals surface area (Å²) in [5, 5.41) is 7.40. The van der Waals surface area contributed by atoms with Gasteiger partial charge < -0.3 is 4.74 Å². The average molecular weight is 534 g/mol. The minimum absolute atomic E-state index is 0.195. The number of rotatable bonds is 6. The monoisotopic (exact) mass is 532 g/mol. The van der Waals surface area contributed by atoms with Crippen LogP contribution in [0.2, 0.25) is 15.1 Å². The number of carbonyl (C=O) groups is 1. The third kappa shape index (κ3) is 5.02. The van der Waals surface area contributed by atoms with E-state index in [2.05, 4.69) is 5.10 Å². The zero-order valence-electron chi connectivity index (χ0n) is 18.9. The third-order valence-electron chi connectivity index (χ3n) is 5.59. The molecule has 7 heteroatoms. The number of anilines is 1. The van der Waals surface area contributed by atoms with Crippen molar-refractivity contribution in [2.24, 2.45) is 5.10 Å². The van der Waals surface area contributed by atoms with Gasteiger partial charge in [-0.3, -0.25) is 4.79 Å². The number of hydrogen-bond donors (Lipinski definition) is 0. The zero-order chi connectivity index (χ0) is 25.1. The van der Waals surface area contributed by atoms with Crippen molar-refractivity contribution >= 4 is 58.2 Å². The van der Waals surface area contributed by atoms with Crippen molar-refractivity contribution < 1.29 is 9.53 Å². The highest BCUT2D eigenvalue weighted by molar-refractivity contribution is 6.38. The lowest BCUT2D eigenvalue weighted by Crippen LogP contribution is -2.21. The zero-order valence-corrected chi connectivity index (χ0v) is 21.1. The molecule has 0 fully saturated rings. The molecule has 178 valence electrons. The number of ether oxygens (including phenoxy) is 1. The largest absolute Gasteiger partial charge is 0.487 e. The molecule has 1 aliphatic heterocycles. The maximum Gasteiger partial charge on any atom is 0.281 e. The summed E-state index contributed by atoms with van der Waals surface area (Å²) in [6, 6.07) is 29.5. The van der Waals surface area contributed by atoms with Gasteiger partial charge in [-0.1, -0.05) is 102 Å². The van der Waals surface area contributed by atoms with E-state index in [0.29, 0.717) is 43.4 Å². The second-order valence-corrected chi connectivity index (χ2v) is 9.26. The summed E-state index contributed by atoms with van der Waals surface area (Å²) < 4.78 is 6.10. The lowest BCUT2D eigenvalue weighted by Gasteiger charge is -2.14. The SMILES string of the molecule is O=C1/C(=C\c2cc(Cl)cc(Cl)c2OCc2ccccc2Cl)C(c2ccccc2)=NN1c1ccccc1. The van der Waals surface area contributed by atoms with Crippen LogP contribution >= 0.6 is 34.8 Å². The van der Waals surface area contributed by atoms with Crippen molar-refractivity contribution in [2.75, 3.05) is 5.01 Å². The van der Waals surface area contributed by atoms with Gasteiger partial charge in [0.25, 0.3) is 5.91 Å². The molecule has 0 aliphatic carbocycles. The first kappa shape index (κ1) is 24.1. The predicted molar refractivity (Wildman–Crippen MR) is 147 cm³/mol. The van der Waals surface area contributed by atoms with Crippen LogP contribution in [0.1, 0.15) is 16.7 Å². The first-order valence-electron chi connectivity index (χ1n) is 11.1. The van der Waals surface area contributed by atoms with Crippen LogP contribution in [0.5, 0.6) is 5.75 Å². The van der Waals surface area contributed by atoms with Crippen LogP contribution in [0.25, 0.3) is 6.08 Å².